The van der Waals surface area contributed by atoms with Gasteiger partial charge in [-0.1, -0.05) is 18.7 Å². The highest BCUT2D eigenvalue weighted by Crippen LogP contribution is 2.16. The average Bonchev–Trinajstić information content (AvgIpc) is 2.85. The van der Waals surface area contributed by atoms with Gasteiger partial charge in [-0.15, -0.1) is 0 Å². The van der Waals surface area contributed by atoms with Gasteiger partial charge in [-0.2, -0.15) is 0 Å². The molecule has 0 spiro atoms. The van der Waals surface area contributed by atoms with Crippen LogP contribution in [0.5, 0.6) is 5.75 Å². The number of aryl methyl sites for hydroxylation is 1. The number of hydrogen-bond acceptors (Lipinski definition) is 5. The number of hydrogen-bond donors (Lipinski definition) is 1. The predicted molar refractivity (Wildman–Crippen MR) is 140 cm³/mol. The van der Waals surface area contributed by atoms with Gasteiger partial charge in [0.25, 0.3) is 5.91 Å². The van der Waals surface area contributed by atoms with Crippen molar-refractivity contribution in [3.63, 3.8) is 0 Å². The number of halogens is 1. The van der Waals surface area contributed by atoms with E-state index >= 15 is 0 Å². The van der Waals surface area contributed by atoms with Gasteiger partial charge in [0.2, 0.25) is 5.91 Å². The van der Waals surface area contributed by atoms with E-state index in [1.165, 1.54) is 6.08 Å². The van der Waals surface area contributed by atoms with Crippen molar-refractivity contribution in [2.75, 3.05) is 39.5 Å². The number of ether oxygens (including phenoxy) is 1. The van der Waals surface area contributed by atoms with Gasteiger partial charge in [0.15, 0.2) is 0 Å². The Labute approximate surface area is 214 Å². The van der Waals surface area contributed by atoms with Crippen molar-refractivity contribution in [3.8, 4) is 5.75 Å². The van der Waals surface area contributed by atoms with Crippen LogP contribution in [0.1, 0.15) is 29.8 Å². The van der Waals surface area contributed by atoms with Gasteiger partial charge in [-0.25, -0.2) is 4.39 Å². The first-order chi connectivity index (χ1) is 17.2. The number of carbonyl (C=O) groups is 2. The molecule has 1 radical (unpaired) electrons. The second-order valence-electron chi connectivity index (χ2n) is 9.16. The third-order valence-corrected chi connectivity index (χ3v) is 8.35. The van der Waals surface area contributed by atoms with E-state index in [4.69, 9.17) is 9.16 Å². The summed E-state index contributed by atoms with van der Waals surface area (Å²) in [6, 6.07) is 12.2. The Morgan fingerprint density at radius 1 is 1.25 bits per heavy atom. The predicted octanol–water partition coefficient (Wildman–Crippen LogP) is 2.43. The zero-order valence-corrected chi connectivity index (χ0v) is 22.4. The molecule has 1 fully saturated rings. The molecule has 1 N–H and O–H groups in total. The lowest BCUT2D eigenvalue weighted by molar-refractivity contribution is -0.130. The SMILES string of the molecule is C=CC(=O)N1CCN(C[Si](Oc2ccc(C(=O)N[C@@H](C)COC)cc2)c2ccc(C)c(F)c2)C[C@H]1C. The van der Waals surface area contributed by atoms with Gasteiger partial charge < -0.3 is 19.4 Å². The van der Waals surface area contributed by atoms with Gasteiger partial charge >= 0.3 is 9.04 Å². The Bertz CT molecular complexity index is 1070. The maximum Gasteiger partial charge on any atom is 0.331 e. The van der Waals surface area contributed by atoms with Crippen molar-refractivity contribution < 1.29 is 23.1 Å². The van der Waals surface area contributed by atoms with E-state index < -0.39 is 9.04 Å². The van der Waals surface area contributed by atoms with Crippen LogP contribution in [0.15, 0.2) is 55.1 Å². The molecular weight excluding hydrogens is 477 g/mol. The van der Waals surface area contributed by atoms with E-state index in [0.717, 1.165) is 5.19 Å². The van der Waals surface area contributed by atoms with Gasteiger partial charge in [0.05, 0.1) is 6.61 Å². The lowest BCUT2D eigenvalue weighted by Gasteiger charge is -2.40. The molecule has 0 aromatic heterocycles. The first kappa shape index (κ1) is 27.6. The molecule has 1 aliphatic rings. The van der Waals surface area contributed by atoms with Crippen molar-refractivity contribution in [3.05, 3.63) is 72.1 Å². The fourth-order valence-corrected chi connectivity index (χ4v) is 6.22. The molecule has 9 heteroatoms. The Kier molecular flexibility index (Phi) is 9.80. The monoisotopic (exact) mass is 512 g/mol. The van der Waals surface area contributed by atoms with Crippen LogP contribution in [-0.4, -0.2) is 82.3 Å². The highest BCUT2D eigenvalue weighted by molar-refractivity contribution is 6.68. The summed E-state index contributed by atoms with van der Waals surface area (Å²) in [5.41, 5.74) is 1.11. The van der Waals surface area contributed by atoms with Crippen molar-refractivity contribution in [2.45, 2.75) is 32.9 Å². The summed E-state index contributed by atoms with van der Waals surface area (Å²) in [6.07, 6.45) is 1.98. The number of benzene rings is 2. The van der Waals surface area contributed by atoms with Gasteiger partial charge in [-0.05, 0) is 67.9 Å². The number of rotatable bonds is 10. The molecule has 193 valence electrons. The maximum atomic E-state index is 14.4. The van der Waals surface area contributed by atoms with Crippen LogP contribution in [0.4, 0.5) is 4.39 Å². The number of piperazine rings is 1. The second-order valence-corrected chi connectivity index (χ2v) is 11.1. The van der Waals surface area contributed by atoms with Crippen LogP contribution >= 0.6 is 0 Å². The minimum Gasteiger partial charge on any atom is -0.536 e. The lowest BCUT2D eigenvalue weighted by Crippen LogP contribution is -2.57. The van der Waals surface area contributed by atoms with Gasteiger partial charge in [0.1, 0.15) is 11.6 Å². The summed E-state index contributed by atoms with van der Waals surface area (Å²) < 4.78 is 25.9. The quantitative estimate of drug-likeness (QED) is 0.391. The molecule has 2 amide bonds. The standard InChI is InChI=1S/C27H35FN3O4Si/c1-6-26(32)31-14-13-30(16-21(31)4)18-36(24-12-7-19(2)25(28)15-24)35-23-10-8-22(9-11-23)27(33)29-20(3)17-34-5/h6-12,15,20-21H,1,13-14,16-18H2,2-5H3,(H,29,33)/t20-,21+/m0/s1. The third-order valence-electron chi connectivity index (χ3n) is 6.18. The molecule has 1 aliphatic heterocycles. The molecule has 3 rings (SSSR count). The van der Waals surface area contributed by atoms with E-state index in [1.54, 1.807) is 50.4 Å². The van der Waals surface area contributed by atoms with Gasteiger partial charge in [0, 0.05) is 50.6 Å². The smallest absolute Gasteiger partial charge is 0.331 e. The number of methoxy groups -OCH3 is 1. The Balaban J connectivity index is 1.74. The minimum absolute atomic E-state index is 0.0422. The number of nitrogens with one attached hydrogen (secondary N) is 1. The summed E-state index contributed by atoms with van der Waals surface area (Å²) in [4.78, 5) is 28.6. The van der Waals surface area contributed by atoms with E-state index in [2.05, 4.69) is 16.8 Å². The Hall–Kier alpha value is -3.01. The average molecular weight is 513 g/mol. The number of carbonyl (C=O) groups excluding carboxylic acids is 2. The zero-order valence-electron chi connectivity index (χ0n) is 21.4. The van der Waals surface area contributed by atoms with Crippen molar-refractivity contribution in [1.29, 1.82) is 0 Å². The third kappa shape index (κ3) is 7.25. The van der Waals surface area contributed by atoms with Crippen LogP contribution < -0.4 is 14.9 Å². The second kappa shape index (κ2) is 12.8. The molecule has 0 unspecified atom stereocenters. The topological polar surface area (TPSA) is 71.1 Å². The van der Waals surface area contributed by atoms with Crippen LogP contribution in [0.3, 0.4) is 0 Å². The molecular formula is C27H35FN3O4Si. The fourth-order valence-electron chi connectivity index (χ4n) is 4.19. The molecule has 2 atom stereocenters. The summed E-state index contributed by atoms with van der Waals surface area (Å²) in [5, 5.41) is 3.72. The molecule has 36 heavy (non-hydrogen) atoms. The first-order valence-electron chi connectivity index (χ1n) is 12.1. The summed E-state index contributed by atoms with van der Waals surface area (Å²) in [7, 11) is -0.0986. The molecule has 2 aromatic rings. The zero-order chi connectivity index (χ0) is 26.2. The molecule has 1 saturated heterocycles. The Morgan fingerprint density at radius 2 is 1.97 bits per heavy atom. The summed E-state index contributed by atoms with van der Waals surface area (Å²) in [6.45, 7) is 11.7. The maximum absolute atomic E-state index is 14.4. The van der Waals surface area contributed by atoms with E-state index in [1.807, 2.05) is 24.8 Å². The fraction of sp³-hybridized carbons (Fsp3) is 0.407. The highest BCUT2D eigenvalue weighted by Gasteiger charge is 2.30. The Morgan fingerprint density at radius 3 is 2.58 bits per heavy atom. The molecule has 7 nitrogen and oxygen atoms in total. The summed E-state index contributed by atoms with van der Waals surface area (Å²) in [5.74, 6) is 0.119. The van der Waals surface area contributed by atoms with Crippen LogP contribution in [-0.2, 0) is 9.53 Å². The van der Waals surface area contributed by atoms with Crippen molar-refractivity contribution in [1.82, 2.24) is 15.1 Å². The number of nitrogens with zero attached hydrogens (tertiary/aromatic N) is 2. The lowest BCUT2D eigenvalue weighted by atomic mass is 10.2. The van der Waals surface area contributed by atoms with Crippen molar-refractivity contribution >= 4 is 26.0 Å². The molecule has 1 heterocycles. The van der Waals surface area contributed by atoms with Crippen molar-refractivity contribution in [2.24, 2.45) is 0 Å². The van der Waals surface area contributed by atoms with Crippen LogP contribution in [0.25, 0.3) is 0 Å². The minimum atomic E-state index is -1.69. The molecule has 0 saturated carbocycles. The number of amides is 2. The molecule has 0 bridgehead atoms. The normalized spacial score (nSPS) is 17.1. The van der Waals surface area contributed by atoms with E-state index in [0.29, 0.717) is 49.3 Å². The summed E-state index contributed by atoms with van der Waals surface area (Å²) >= 11 is 0. The van der Waals surface area contributed by atoms with E-state index in [9.17, 15) is 14.0 Å². The largest absolute Gasteiger partial charge is 0.536 e. The van der Waals surface area contributed by atoms with E-state index in [-0.39, 0.29) is 29.7 Å². The van der Waals surface area contributed by atoms with Crippen LogP contribution in [0, 0.1) is 12.7 Å². The van der Waals surface area contributed by atoms with Gasteiger partial charge in [-0.3, -0.25) is 14.5 Å². The first-order valence-corrected chi connectivity index (χ1v) is 13.7. The molecule has 2 aromatic carbocycles. The highest BCUT2D eigenvalue weighted by atomic mass is 28.3. The van der Waals surface area contributed by atoms with Crippen LogP contribution in [0.2, 0.25) is 0 Å². The molecule has 0 aliphatic carbocycles.